The molecule has 1 heterocycles. The Bertz CT molecular complexity index is 1110. The zero-order valence-corrected chi connectivity index (χ0v) is 16.0. The van der Waals surface area contributed by atoms with E-state index in [-0.39, 0.29) is 11.4 Å². The molecule has 0 fully saturated rings. The van der Waals surface area contributed by atoms with Crippen LogP contribution in [-0.2, 0) is 4.74 Å². The Morgan fingerprint density at radius 3 is 2.57 bits per heavy atom. The van der Waals surface area contributed by atoms with Crippen molar-refractivity contribution in [1.29, 1.82) is 0 Å². The standard InChI is InChI=1S/C18H14Cl2N4O4/c1-28-18(27)24-23-14(16(25)9-2-4-10(19)5-3-9)15-17(26)22-13-8-11(20)6-7-12(13)21-15/h2-8,16,25H,1H3,(H,22,26)(H,24,27)/b23-14+/t16-/m0/s1. The molecule has 0 aliphatic heterocycles. The smallest absolute Gasteiger partial charge is 0.427 e. The summed E-state index contributed by atoms with van der Waals surface area (Å²) in [4.78, 5) is 30.9. The van der Waals surface area contributed by atoms with Gasteiger partial charge in [-0.2, -0.15) is 5.10 Å². The van der Waals surface area contributed by atoms with Crippen molar-refractivity contribution in [2.45, 2.75) is 6.10 Å². The third kappa shape index (κ3) is 4.30. The minimum atomic E-state index is -1.37. The van der Waals surface area contributed by atoms with Gasteiger partial charge in [-0.1, -0.05) is 35.3 Å². The number of hydrazone groups is 1. The number of aromatic amines is 1. The Kier molecular flexibility index (Phi) is 5.93. The third-order valence-electron chi connectivity index (χ3n) is 3.79. The number of aromatic nitrogens is 2. The first-order chi connectivity index (χ1) is 13.4. The van der Waals surface area contributed by atoms with Crippen LogP contribution in [0.15, 0.2) is 52.4 Å². The SMILES string of the molecule is COC(=O)N/N=C(\c1nc2ccc(Cl)cc2[nH]c1=O)[C@@H](O)c1ccc(Cl)cc1. The molecule has 0 aliphatic carbocycles. The second-order valence-electron chi connectivity index (χ2n) is 5.63. The lowest BCUT2D eigenvalue weighted by Gasteiger charge is -2.14. The molecule has 1 aromatic heterocycles. The molecule has 0 spiro atoms. The van der Waals surface area contributed by atoms with Crippen molar-refractivity contribution in [3.8, 4) is 0 Å². The second-order valence-corrected chi connectivity index (χ2v) is 6.50. The lowest BCUT2D eigenvalue weighted by Crippen LogP contribution is -2.29. The van der Waals surface area contributed by atoms with Crippen LogP contribution in [0, 0.1) is 0 Å². The molecule has 0 saturated carbocycles. The van der Waals surface area contributed by atoms with Crippen LogP contribution in [0.5, 0.6) is 0 Å². The number of hydrogen-bond donors (Lipinski definition) is 3. The first kappa shape index (κ1) is 19.8. The second kappa shape index (κ2) is 8.39. The summed E-state index contributed by atoms with van der Waals surface area (Å²) in [6, 6.07) is 11.0. The number of aliphatic hydroxyl groups is 1. The number of halogens is 2. The van der Waals surface area contributed by atoms with E-state index in [1.54, 1.807) is 42.5 Å². The van der Waals surface area contributed by atoms with Gasteiger partial charge in [0.2, 0.25) is 0 Å². The van der Waals surface area contributed by atoms with E-state index < -0.39 is 17.8 Å². The molecular weight excluding hydrogens is 407 g/mol. The van der Waals surface area contributed by atoms with Crippen LogP contribution < -0.4 is 11.0 Å². The summed E-state index contributed by atoms with van der Waals surface area (Å²) < 4.78 is 4.47. The van der Waals surface area contributed by atoms with Crippen molar-refractivity contribution < 1.29 is 14.6 Å². The maximum atomic E-state index is 12.6. The zero-order chi connectivity index (χ0) is 20.3. The van der Waals surface area contributed by atoms with Gasteiger partial charge in [0.1, 0.15) is 11.8 Å². The minimum Gasteiger partial charge on any atom is -0.452 e. The molecule has 3 aromatic rings. The number of rotatable bonds is 4. The largest absolute Gasteiger partial charge is 0.452 e. The molecule has 3 rings (SSSR count). The molecule has 1 amide bonds. The van der Waals surface area contributed by atoms with E-state index in [0.29, 0.717) is 26.6 Å². The molecule has 144 valence electrons. The van der Waals surface area contributed by atoms with E-state index in [1.807, 2.05) is 0 Å². The predicted molar refractivity (Wildman–Crippen MR) is 106 cm³/mol. The summed E-state index contributed by atoms with van der Waals surface area (Å²) in [5, 5.41) is 15.5. The van der Waals surface area contributed by atoms with Gasteiger partial charge in [-0.3, -0.25) is 4.79 Å². The molecule has 0 unspecified atom stereocenters. The van der Waals surface area contributed by atoms with E-state index in [4.69, 9.17) is 23.2 Å². The van der Waals surface area contributed by atoms with E-state index >= 15 is 0 Å². The average molecular weight is 421 g/mol. The molecule has 0 bridgehead atoms. The topological polar surface area (TPSA) is 117 Å². The van der Waals surface area contributed by atoms with Crippen LogP contribution >= 0.6 is 23.2 Å². The fourth-order valence-electron chi connectivity index (χ4n) is 2.43. The van der Waals surface area contributed by atoms with E-state index in [9.17, 15) is 14.7 Å². The lowest BCUT2D eigenvalue weighted by atomic mass is 10.0. The molecule has 8 nitrogen and oxygen atoms in total. The molecule has 1 atom stereocenters. The van der Waals surface area contributed by atoms with Gasteiger partial charge in [0.15, 0.2) is 5.69 Å². The highest BCUT2D eigenvalue weighted by Crippen LogP contribution is 2.21. The summed E-state index contributed by atoms with van der Waals surface area (Å²) in [6.07, 6.45) is -2.24. The first-order valence-electron chi connectivity index (χ1n) is 7.94. The number of H-pyrrole nitrogens is 1. The lowest BCUT2D eigenvalue weighted by molar-refractivity contribution is 0.171. The number of benzene rings is 2. The van der Waals surface area contributed by atoms with Crippen molar-refractivity contribution in [1.82, 2.24) is 15.4 Å². The number of aliphatic hydroxyl groups excluding tert-OH is 1. The van der Waals surface area contributed by atoms with E-state index in [0.717, 1.165) is 7.11 Å². The molecule has 10 heteroatoms. The summed E-state index contributed by atoms with van der Waals surface area (Å²) in [7, 11) is 1.16. The Hall–Kier alpha value is -2.94. The van der Waals surface area contributed by atoms with Crippen LogP contribution in [0.3, 0.4) is 0 Å². The highest BCUT2D eigenvalue weighted by Gasteiger charge is 2.23. The van der Waals surface area contributed by atoms with Gasteiger partial charge in [0.05, 0.1) is 18.1 Å². The first-order valence-corrected chi connectivity index (χ1v) is 8.69. The quantitative estimate of drug-likeness (QED) is 0.442. The summed E-state index contributed by atoms with van der Waals surface area (Å²) >= 11 is 11.8. The monoisotopic (exact) mass is 420 g/mol. The maximum absolute atomic E-state index is 12.6. The number of carbonyl (C=O) groups is 1. The molecule has 2 aromatic carbocycles. The molecule has 28 heavy (non-hydrogen) atoms. The number of amides is 1. The zero-order valence-electron chi connectivity index (χ0n) is 14.4. The van der Waals surface area contributed by atoms with Gasteiger partial charge in [-0.05, 0) is 35.9 Å². The van der Waals surface area contributed by atoms with Gasteiger partial charge in [0, 0.05) is 10.0 Å². The average Bonchev–Trinajstić information content (AvgIpc) is 2.68. The van der Waals surface area contributed by atoms with Crippen molar-refractivity contribution in [2.75, 3.05) is 7.11 Å². The minimum absolute atomic E-state index is 0.173. The van der Waals surface area contributed by atoms with Crippen molar-refractivity contribution in [3.63, 3.8) is 0 Å². The van der Waals surface area contributed by atoms with Crippen molar-refractivity contribution in [3.05, 3.63) is 74.1 Å². The Labute approximate surface area is 168 Å². The summed E-state index contributed by atoms with van der Waals surface area (Å²) in [6.45, 7) is 0. The molecule has 0 aliphatic rings. The predicted octanol–water partition coefficient (Wildman–Crippen LogP) is 3.02. The highest BCUT2D eigenvalue weighted by atomic mass is 35.5. The van der Waals surface area contributed by atoms with Crippen LogP contribution in [0.1, 0.15) is 17.4 Å². The molecule has 0 saturated heterocycles. The maximum Gasteiger partial charge on any atom is 0.427 e. The number of methoxy groups -OCH3 is 1. The number of fused-ring (bicyclic) bond motifs is 1. The van der Waals surface area contributed by atoms with E-state index in [1.165, 1.54) is 0 Å². The Balaban J connectivity index is 2.13. The van der Waals surface area contributed by atoms with Gasteiger partial charge >= 0.3 is 6.09 Å². The molecular formula is C18H14Cl2N4O4. The fourth-order valence-corrected chi connectivity index (χ4v) is 2.73. The fraction of sp³-hybridized carbons (Fsp3) is 0.111. The number of ether oxygens (including phenoxy) is 1. The van der Waals surface area contributed by atoms with Crippen LogP contribution in [-0.4, -0.2) is 34.0 Å². The number of carbonyl (C=O) groups excluding carboxylic acids is 1. The van der Waals surface area contributed by atoms with Crippen molar-refractivity contribution in [2.24, 2.45) is 5.10 Å². The van der Waals surface area contributed by atoms with Gasteiger partial charge in [-0.25, -0.2) is 15.2 Å². The van der Waals surface area contributed by atoms with Crippen molar-refractivity contribution >= 4 is 46.0 Å². The van der Waals surface area contributed by atoms with Crippen LogP contribution in [0.2, 0.25) is 10.0 Å². The molecule has 0 radical (unpaired) electrons. The van der Waals surface area contributed by atoms with Crippen LogP contribution in [0.25, 0.3) is 11.0 Å². The molecule has 3 N–H and O–H groups in total. The van der Waals surface area contributed by atoms with Gasteiger partial charge in [-0.15, -0.1) is 0 Å². The number of hydrogen-bond acceptors (Lipinski definition) is 6. The Morgan fingerprint density at radius 2 is 1.89 bits per heavy atom. The summed E-state index contributed by atoms with van der Waals surface area (Å²) in [5.74, 6) is 0. The third-order valence-corrected chi connectivity index (χ3v) is 4.28. The Morgan fingerprint density at radius 1 is 1.21 bits per heavy atom. The van der Waals surface area contributed by atoms with E-state index in [2.05, 4.69) is 25.2 Å². The highest BCUT2D eigenvalue weighted by molar-refractivity contribution is 6.31. The number of nitrogens with one attached hydrogen (secondary N) is 2. The normalized spacial score (nSPS) is 12.6. The number of nitrogens with zero attached hydrogens (tertiary/aromatic N) is 2. The van der Waals surface area contributed by atoms with Gasteiger partial charge in [0.25, 0.3) is 5.56 Å². The van der Waals surface area contributed by atoms with Crippen LogP contribution in [0.4, 0.5) is 4.79 Å². The van der Waals surface area contributed by atoms with Gasteiger partial charge < -0.3 is 14.8 Å². The summed E-state index contributed by atoms with van der Waals surface area (Å²) in [5.41, 5.74) is 2.38.